The average Bonchev–Trinajstić information content (AvgIpc) is 2.84. The number of hydrogen-bond acceptors (Lipinski definition) is 8. The SMILES string of the molecule is CC(C)[C@H](NC(=O)[C@H](CC(N)=O)NC(=O)[C@H](CCC[NH+]=C(N)N)NC(=O)[C@@H]([NH3+])CO)C(=O)N[C@H](C(=O)O)[C@@H](C)O. The Morgan fingerprint density at radius 1 is 0.825 bits per heavy atom. The number of aliphatic hydroxyl groups excluding tert-OH is 2. The van der Waals surface area contributed by atoms with Gasteiger partial charge in [0.1, 0.15) is 24.7 Å². The zero-order valence-electron chi connectivity index (χ0n) is 22.8. The molecule has 5 amide bonds. The van der Waals surface area contributed by atoms with E-state index in [2.05, 4.69) is 32.0 Å². The van der Waals surface area contributed by atoms with Crippen molar-refractivity contribution in [1.29, 1.82) is 0 Å². The second-order valence-electron chi connectivity index (χ2n) is 9.49. The molecule has 17 N–H and O–H groups in total. The molecule has 0 spiro atoms. The molecule has 0 rings (SSSR count). The maximum atomic E-state index is 13.1. The first kappa shape index (κ1) is 36.0. The number of quaternary nitrogens is 1. The summed E-state index contributed by atoms with van der Waals surface area (Å²) in [5, 5.41) is 37.3. The second-order valence-corrected chi connectivity index (χ2v) is 9.49. The zero-order valence-corrected chi connectivity index (χ0v) is 22.8. The molecule has 0 saturated heterocycles. The van der Waals surface area contributed by atoms with Gasteiger partial charge in [0.15, 0.2) is 12.1 Å². The van der Waals surface area contributed by atoms with Gasteiger partial charge in [-0.25, -0.2) is 4.79 Å². The van der Waals surface area contributed by atoms with Gasteiger partial charge in [-0.2, -0.15) is 0 Å². The summed E-state index contributed by atoms with van der Waals surface area (Å²) in [6.07, 6.45) is -1.83. The highest BCUT2D eigenvalue weighted by atomic mass is 16.4. The number of primary amides is 1. The van der Waals surface area contributed by atoms with Crippen molar-refractivity contribution in [2.45, 2.75) is 76.3 Å². The lowest BCUT2D eigenvalue weighted by atomic mass is 10.0. The third kappa shape index (κ3) is 13.2. The van der Waals surface area contributed by atoms with Crippen LogP contribution in [-0.2, 0) is 28.8 Å². The molecule has 0 unspecified atom stereocenters. The standard InChI is InChI=1S/C22H41N9O9/c1-9(2)15(20(38)31-16(10(3)33)21(39)40)30-19(37)13(7-14(24)34)29-18(36)12(5-4-6-27-22(25)26)28-17(35)11(23)8-32/h9-13,15-16,32-33H,4-8,23H2,1-3H3,(H2,24,34)(H,28,35)(H,29,36)(H,30,37)(H,31,38)(H,39,40)(H4,25,26,27)/p+2/t10-,11+,12+,13+,15+,16+/m1/s1. The molecule has 0 aromatic heterocycles. The van der Waals surface area contributed by atoms with Crippen molar-refractivity contribution >= 4 is 41.5 Å². The number of guanidine groups is 1. The van der Waals surface area contributed by atoms with Crippen LogP contribution in [0.2, 0.25) is 0 Å². The summed E-state index contributed by atoms with van der Waals surface area (Å²) in [4.78, 5) is 76.8. The molecule has 228 valence electrons. The zero-order chi connectivity index (χ0) is 31.2. The number of hydrogen-bond donors (Lipinski definition) is 12. The van der Waals surface area contributed by atoms with Crippen LogP contribution in [0.15, 0.2) is 0 Å². The van der Waals surface area contributed by atoms with Crippen LogP contribution in [-0.4, -0.2) is 106 Å². The van der Waals surface area contributed by atoms with E-state index in [9.17, 15) is 44.1 Å². The Bertz CT molecular complexity index is 939. The summed E-state index contributed by atoms with van der Waals surface area (Å²) < 4.78 is 0. The van der Waals surface area contributed by atoms with E-state index in [0.29, 0.717) is 0 Å². The van der Waals surface area contributed by atoms with E-state index in [4.69, 9.17) is 17.2 Å². The largest absolute Gasteiger partial charge is 0.480 e. The summed E-state index contributed by atoms with van der Waals surface area (Å²) in [6, 6.07) is -6.89. The van der Waals surface area contributed by atoms with Crippen LogP contribution in [0.5, 0.6) is 0 Å². The quantitative estimate of drug-likeness (QED) is 0.0412. The molecular weight excluding hydrogens is 534 g/mol. The Kier molecular flexibility index (Phi) is 15.8. The fraction of sp³-hybridized carbons (Fsp3) is 0.682. The van der Waals surface area contributed by atoms with Gasteiger partial charge in [0.05, 0.1) is 19.1 Å². The smallest absolute Gasteiger partial charge is 0.338 e. The van der Waals surface area contributed by atoms with Gasteiger partial charge in [0.2, 0.25) is 23.6 Å². The van der Waals surface area contributed by atoms with Crippen LogP contribution < -0.4 is 49.2 Å². The van der Waals surface area contributed by atoms with Crippen LogP contribution in [0.3, 0.4) is 0 Å². The van der Waals surface area contributed by atoms with Gasteiger partial charge in [-0.15, -0.1) is 0 Å². The highest BCUT2D eigenvalue weighted by molar-refractivity contribution is 5.97. The third-order valence-electron chi connectivity index (χ3n) is 5.55. The molecule has 0 aromatic rings. The Labute approximate surface area is 230 Å². The molecule has 0 aliphatic carbocycles. The highest BCUT2D eigenvalue weighted by Crippen LogP contribution is 2.06. The molecule has 0 aliphatic heterocycles. The van der Waals surface area contributed by atoms with E-state index < -0.39 is 90.8 Å². The lowest BCUT2D eigenvalue weighted by Crippen LogP contribution is -2.78. The van der Waals surface area contributed by atoms with Crippen molar-refractivity contribution < 1.29 is 54.8 Å². The molecular formula is C22H43N9O9+2. The van der Waals surface area contributed by atoms with Crippen LogP contribution >= 0.6 is 0 Å². The lowest BCUT2D eigenvalue weighted by Gasteiger charge is -2.27. The fourth-order valence-corrected chi connectivity index (χ4v) is 3.28. The van der Waals surface area contributed by atoms with Crippen molar-refractivity contribution in [3.8, 4) is 0 Å². The fourth-order valence-electron chi connectivity index (χ4n) is 3.28. The molecule has 0 radical (unpaired) electrons. The molecule has 40 heavy (non-hydrogen) atoms. The number of carboxylic acids is 1. The Morgan fingerprint density at radius 3 is 1.80 bits per heavy atom. The molecule has 0 fully saturated rings. The van der Waals surface area contributed by atoms with Crippen molar-refractivity contribution in [2.24, 2.45) is 23.1 Å². The summed E-state index contributed by atoms with van der Waals surface area (Å²) in [5.41, 5.74) is 19.4. The second kappa shape index (κ2) is 17.5. The van der Waals surface area contributed by atoms with Crippen molar-refractivity contribution in [3.63, 3.8) is 0 Å². The van der Waals surface area contributed by atoms with Gasteiger partial charge < -0.3 is 48.1 Å². The number of nitrogens with two attached hydrogens (primary N) is 3. The van der Waals surface area contributed by atoms with Gasteiger partial charge in [-0.3, -0.25) is 40.4 Å². The van der Waals surface area contributed by atoms with Gasteiger partial charge in [0.25, 0.3) is 5.91 Å². The first-order chi connectivity index (χ1) is 18.5. The third-order valence-corrected chi connectivity index (χ3v) is 5.55. The van der Waals surface area contributed by atoms with Crippen molar-refractivity contribution in [3.05, 3.63) is 0 Å². The van der Waals surface area contributed by atoms with Crippen LogP contribution in [0.4, 0.5) is 0 Å². The Hall–Kier alpha value is -4.03. The van der Waals surface area contributed by atoms with E-state index in [0.717, 1.165) is 6.92 Å². The summed E-state index contributed by atoms with van der Waals surface area (Å²) in [6.45, 7) is 3.89. The predicted octanol–water partition coefficient (Wildman–Crippen LogP) is -8.34. The van der Waals surface area contributed by atoms with Crippen molar-refractivity contribution in [1.82, 2.24) is 21.3 Å². The van der Waals surface area contributed by atoms with Crippen LogP contribution in [0.1, 0.15) is 40.0 Å². The molecule has 0 bridgehead atoms. The average molecular weight is 578 g/mol. The summed E-state index contributed by atoms with van der Waals surface area (Å²) >= 11 is 0. The molecule has 18 heteroatoms. The van der Waals surface area contributed by atoms with E-state index in [1.807, 2.05) is 0 Å². The molecule has 6 atom stereocenters. The maximum absolute atomic E-state index is 13.1. The number of aliphatic hydroxyl groups is 2. The number of carboxylic acid groups (broad SMARTS) is 1. The van der Waals surface area contributed by atoms with E-state index in [1.165, 1.54) is 0 Å². The summed E-state index contributed by atoms with van der Waals surface area (Å²) in [7, 11) is 0. The first-order valence-electron chi connectivity index (χ1n) is 12.5. The van der Waals surface area contributed by atoms with Gasteiger partial charge in [-0.1, -0.05) is 13.8 Å². The van der Waals surface area contributed by atoms with E-state index in [1.54, 1.807) is 13.8 Å². The number of aliphatic carboxylic acids is 1. The minimum Gasteiger partial charge on any atom is -0.480 e. The molecule has 18 nitrogen and oxygen atoms in total. The number of nitrogens with one attached hydrogen (secondary N) is 5. The van der Waals surface area contributed by atoms with Gasteiger partial charge >= 0.3 is 11.9 Å². The molecule has 0 aromatic carbocycles. The normalized spacial score (nSPS) is 15.4. The molecule has 0 aliphatic rings. The van der Waals surface area contributed by atoms with Gasteiger partial charge in [0, 0.05) is 0 Å². The molecule has 0 saturated carbocycles. The van der Waals surface area contributed by atoms with Crippen LogP contribution in [0, 0.1) is 5.92 Å². The highest BCUT2D eigenvalue weighted by Gasteiger charge is 2.34. The topological polar surface area (TPSA) is 331 Å². The minimum atomic E-state index is -1.66. The van der Waals surface area contributed by atoms with Gasteiger partial charge in [-0.05, 0) is 25.7 Å². The number of carbonyl (C=O) groups is 6. The van der Waals surface area contributed by atoms with E-state index >= 15 is 0 Å². The minimum absolute atomic E-state index is 0.0217. The predicted molar refractivity (Wildman–Crippen MR) is 138 cm³/mol. The number of amides is 5. The Balaban J connectivity index is 5.83. The lowest BCUT2D eigenvalue weighted by molar-refractivity contribution is -0.459. The monoisotopic (exact) mass is 577 g/mol. The van der Waals surface area contributed by atoms with Crippen molar-refractivity contribution in [2.75, 3.05) is 13.2 Å². The first-order valence-corrected chi connectivity index (χ1v) is 12.5. The maximum Gasteiger partial charge on any atom is 0.338 e. The molecule has 0 heterocycles. The Morgan fingerprint density at radius 2 is 1.35 bits per heavy atom. The summed E-state index contributed by atoms with van der Waals surface area (Å²) in [5.74, 6) is -6.67. The number of rotatable bonds is 18. The van der Waals surface area contributed by atoms with E-state index in [-0.39, 0.29) is 25.3 Å². The number of carbonyl (C=O) groups excluding carboxylic acids is 5. The van der Waals surface area contributed by atoms with Crippen LogP contribution in [0.25, 0.3) is 0 Å².